The van der Waals surface area contributed by atoms with Crippen LogP contribution in [0.15, 0.2) is 17.0 Å². The number of nitrogens with one attached hydrogen (secondary N) is 2. The Hall–Kier alpha value is -1.64. The molecule has 20 heavy (non-hydrogen) atoms. The first-order valence-electron chi connectivity index (χ1n) is 5.63. The van der Waals surface area contributed by atoms with Crippen LogP contribution in [0.3, 0.4) is 0 Å². The lowest BCUT2D eigenvalue weighted by Crippen LogP contribution is -2.30. The van der Waals surface area contributed by atoms with Gasteiger partial charge in [0.15, 0.2) is 0 Å². The van der Waals surface area contributed by atoms with Gasteiger partial charge in [-0.3, -0.25) is 9.59 Å². The summed E-state index contributed by atoms with van der Waals surface area (Å²) < 4.78 is 25.8. The van der Waals surface area contributed by atoms with Crippen molar-refractivity contribution in [3.05, 3.63) is 22.7 Å². The molecule has 0 fully saturated rings. The molecule has 0 saturated carbocycles. The van der Waals surface area contributed by atoms with E-state index in [0.717, 1.165) is 5.56 Å². The minimum Gasteiger partial charge on any atom is -0.480 e. The molecule has 1 aliphatic heterocycles. The van der Waals surface area contributed by atoms with E-state index in [-0.39, 0.29) is 15.8 Å². The van der Waals surface area contributed by atoms with Gasteiger partial charge in [-0.25, -0.2) is 8.42 Å². The van der Waals surface area contributed by atoms with Gasteiger partial charge in [0.05, 0.1) is 5.02 Å². The van der Waals surface area contributed by atoms with Crippen LogP contribution in [-0.4, -0.2) is 31.9 Å². The molecule has 0 aromatic heterocycles. The molecular weight excluding hydrogens is 308 g/mol. The van der Waals surface area contributed by atoms with Crippen LogP contribution in [0, 0.1) is 0 Å². The van der Waals surface area contributed by atoms with Gasteiger partial charge in [0, 0.05) is 12.1 Å². The number of carboxylic acids is 1. The number of aryl methyl sites for hydroxylation is 1. The van der Waals surface area contributed by atoms with E-state index in [1.165, 1.54) is 12.1 Å². The SMILES string of the molecule is O=C(O)CNS(=O)(=O)c1cc2c(cc1Cl)CCC(=O)N2. The van der Waals surface area contributed by atoms with Gasteiger partial charge in [-0.15, -0.1) is 0 Å². The summed E-state index contributed by atoms with van der Waals surface area (Å²) in [5.41, 5.74) is 1.12. The highest BCUT2D eigenvalue weighted by atomic mass is 35.5. The predicted molar refractivity (Wildman–Crippen MR) is 71.2 cm³/mol. The Morgan fingerprint density at radius 3 is 2.75 bits per heavy atom. The molecule has 108 valence electrons. The first kappa shape index (κ1) is 14.8. The smallest absolute Gasteiger partial charge is 0.318 e. The van der Waals surface area contributed by atoms with Gasteiger partial charge in [-0.1, -0.05) is 11.6 Å². The summed E-state index contributed by atoms with van der Waals surface area (Å²) in [6.45, 7) is -0.748. The number of anilines is 1. The second-order valence-electron chi connectivity index (χ2n) is 4.21. The van der Waals surface area contributed by atoms with E-state index >= 15 is 0 Å². The molecule has 1 heterocycles. The number of hydrogen-bond donors (Lipinski definition) is 3. The molecule has 3 N–H and O–H groups in total. The van der Waals surface area contributed by atoms with Crippen LogP contribution in [0.5, 0.6) is 0 Å². The Morgan fingerprint density at radius 1 is 1.40 bits per heavy atom. The molecule has 0 saturated heterocycles. The van der Waals surface area contributed by atoms with Crippen LogP contribution >= 0.6 is 11.6 Å². The summed E-state index contributed by atoms with van der Waals surface area (Å²) in [6, 6.07) is 2.70. The highest BCUT2D eigenvalue weighted by Gasteiger charge is 2.23. The van der Waals surface area contributed by atoms with E-state index in [4.69, 9.17) is 16.7 Å². The van der Waals surface area contributed by atoms with Gasteiger partial charge < -0.3 is 10.4 Å². The van der Waals surface area contributed by atoms with E-state index in [0.29, 0.717) is 18.5 Å². The number of halogens is 1. The number of benzene rings is 1. The summed E-state index contributed by atoms with van der Waals surface area (Å²) in [5.74, 6) is -1.52. The van der Waals surface area contributed by atoms with E-state index in [2.05, 4.69) is 5.32 Å². The standard InChI is InChI=1S/C11H11ClN2O5S/c12-7-3-6-1-2-10(15)14-8(6)4-9(7)20(18,19)13-5-11(16)17/h3-4,13H,1-2,5H2,(H,14,15)(H,16,17). The minimum absolute atomic E-state index is 0.0159. The molecule has 1 aromatic carbocycles. The molecule has 0 bridgehead atoms. The van der Waals surface area contributed by atoms with Crippen LogP contribution in [0.1, 0.15) is 12.0 Å². The maximum atomic E-state index is 12.0. The molecule has 2 rings (SSSR count). The first-order valence-corrected chi connectivity index (χ1v) is 7.49. The fourth-order valence-corrected chi connectivity index (χ4v) is 3.37. The maximum absolute atomic E-state index is 12.0. The van der Waals surface area contributed by atoms with Crippen molar-refractivity contribution in [1.82, 2.24) is 4.72 Å². The third kappa shape index (κ3) is 3.09. The lowest BCUT2D eigenvalue weighted by Gasteiger charge is -2.18. The third-order valence-electron chi connectivity index (χ3n) is 2.76. The second kappa shape index (κ2) is 5.39. The molecule has 9 heteroatoms. The average Bonchev–Trinajstić information content (AvgIpc) is 2.36. The molecule has 1 aromatic rings. The highest BCUT2D eigenvalue weighted by Crippen LogP contribution is 2.31. The van der Waals surface area contributed by atoms with Crippen LogP contribution in [0.25, 0.3) is 0 Å². The van der Waals surface area contributed by atoms with Gasteiger partial charge in [0.2, 0.25) is 15.9 Å². The van der Waals surface area contributed by atoms with E-state index < -0.39 is 22.5 Å². The Balaban J connectivity index is 2.39. The zero-order valence-electron chi connectivity index (χ0n) is 10.1. The topological polar surface area (TPSA) is 113 Å². The van der Waals surface area contributed by atoms with E-state index in [1.807, 2.05) is 4.72 Å². The Morgan fingerprint density at radius 2 is 2.10 bits per heavy atom. The zero-order chi connectivity index (χ0) is 14.9. The summed E-state index contributed by atoms with van der Waals surface area (Å²) in [7, 11) is -4.05. The molecule has 0 aliphatic carbocycles. The Bertz CT molecular complexity index is 686. The quantitative estimate of drug-likeness (QED) is 0.752. The summed E-state index contributed by atoms with van der Waals surface area (Å²) in [5, 5.41) is 11.0. The van der Waals surface area contributed by atoms with Gasteiger partial charge in [0.25, 0.3) is 0 Å². The average molecular weight is 319 g/mol. The third-order valence-corrected chi connectivity index (χ3v) is 4.62. The summed E-state index contributed by atoms with van der Waals surface area (Å²) >= 11 is 5.92. The molecule has 0 atom stereocenters. The van der Waals surface area contributed by atoms with Crippen molar-refractivity contribution in [3.63, 3.8) is 0 Å². The van der Waals surface area contributed by atoms with E-state index in [1.54, 1.807) is 0 Å². The summed E-state index contributed by atoms with van der Waals surface area (Å²) in [6.07, 6.45) is 0.788. The van der Waals surface area contributed by atoms with Crippen molar-refractivity contribution < 1.29 is 23.1 Å². The number of amides is 1. The van der Waals surface area contributed by atoms with E-state index in [9.17, 15) is 18.0 Å². The van der Waals surface area contributed by atoms with Crippen molar-refractivity contribution in [1.29, 1.82) is 0 Å². The largest absolute Gasteiger partial charge is 0.480 e. The van der Waals surface area contributed by atoms with Gasteiger partial charge in [0.1, 0.15) is 11.4 Å². The monoisotopic (exact) mass is 318 g/mol. The highest BCUT2D eigenvalue weighted by molar-refractivity contribution is 7.89. The lowest BCUT2D eigenvalue weighted by atomic mass is 10.0. The van der Waals surface area contributed by atoms with Gasteiger partial charge >= 0.3 is 5.97 Å². The zero-order valence-corrected chi connectivity index (χ0v) is 11.7. The number of sulfonamides is 1. The predicted octanol–water partition coefficient (Wildman–Crippen LogP) is 0.588. The van der Waals surface area contributed by atoms with Crippen molar-refractivity contribution in [2.45, 2.75) is 17.7 Å². The normalized spacial score (nSPS) is 14.6. The van der Waals surface area contributed by atoms with Crippen LogP contribution < -0.4 is 10.0 Å². The molecular formula is C11H11ClN2O5S. The maximum Gasteiger partial charge on any atom is 0.318 e. The second-order valence-corrected chi connectivity index (χ2v) is 6.35. The molecule has 0 unspecified atom stereocenters. The Kier molecular flexibility index (Phi) is 3.98. The summed E-state index contributed by atoms with van der Waals surface area (Å²) in [4.78, 5) is 21.5. The van der Waals surface area contributed by atoms with Crippen molar-refractivity contribution in [2.75, 3.05) is 11.9 Å². The molecule has 1 amide bonds. The van der Waals surface area contributed by atoms with Crippen LogP contribution in [-0.2, 0) is 26.0 Å². The molecule has 1 aliphatic rings. The Labute approximate surface area is 120 Å². The molecule has 7 nitrogen and oxygen atoms in total. The van der Waals surface area contributed by atoms with Gasteiger partial charge in [-0.05, 0) is 24.1 Å². The fourth-order valence-electron chi connectivity index (χ4n) is 1.82. The number of fused-ring (bicyclic) bond motifs is 1. The van der Waals surface area contributed by atoms with Gasteiger partial charge in [-0.2, -0.15) is 4.72 Å². The van der Waals surface area contributed by atoms with Crippen molar-refractivity contribution in [3.8, 4) is 0 Å². The van der Waals surface area contributed by atoms with Crippen molar-refractivity contribution in [2.24, 2.45) is 0 Å². The van der Waals surface area contributed by atoms with Crippen LogP contribution in [0.2, 0.25) is 5.02 Å². The number of carbonyl (C=O) groups excluding carboxylic acids is 1. The number of carboxylic acid groups (broad SMARTS) is 1. The minimum atomic E-state index is -4.05. The lowest BCUT2D eigenvalue weighted by molar-refractivity contribution is -0.135. The first-order chi connectivity index (χ1) is 9.29. The fraction of sp³-hybridized carbons (Fsp3) is 0.273. The van der Waals surface area contributed by atoms with Crippen molar-refractivity contribution >= 4 is 39.2 Å². The van der Waals surface area contributed by atoms with Crippen LogP contribution in [0.4, 0.5) is 5.69 Å². The number of aliphatic carboxylic acids is 1. The molecule has 0 radical (unpaired) electrons. The number of carbonyl (C=O) groups is 2. The number of hydrogen-bond acceptors (Lipinski definition) is 4. The molecule has 0 spiro atoms. The number of rotatable bonds is 4.